The van der Waals surface area contributed by atoms with Gasteiger partial charge in [-0.2, -0.15) is 0 Å². The maximum atomic E-state index is 6.28. The van der Waals surface area contributed by atoms with E-state index < -0.39 is 0 Å². The molecule has 1 aliphatic heterocycles. The van der Waals surface area contributed by atoms with Crippen LogP contribution in [0.4, 0.5) is 0 Å². The van der Waals surface area contributed by atoms with Crippen molar-refractivity contribution in [2.45, 2.75) is 19.4 Å². The average molecular weight is 260 g/mol. The van der Waals surface area contributed by atoms with Crippen molar-refractivity contribution >= 4 is 0 Å². The summed E-state index contributed by atoms with van der Waals surface area (Å²) < 4.78 is 5.17. The van der Waals surface area contributed by atoms with Gasteiger partial charge in [-0.05, 0) is 24.5 Å². The molecule has 0 bridgehead atoms. The summed E-state index contributed by atoms with van der Waals surface area (Å²) in [5.74, 6) is 0. The Labute approximate surface area is 116 Å². The van der Waals surface area contributed by atoms with Gasteiger partial charge in [0.15, 0.2) is 0 Å². The van der Waals surface area contributed by atoms with Crippen LogP contribution in [0.2, 0.25) is 0 Å². The van der Waals surface area contributed by atoms with Crippen LogP contribution in [-0.2, 0) is 4.74 Å². The van der Waals surface area contributed by atoms with Gasteiger partial charge >= 0.3 is 0 Å². The highest BCUT2D eigenvalue weighted by atomic mass is 16.5. The van der Waals surface area contributed by atoms with Crippen LogP contribution in [0.1, 0.15) is 23.6 Å². The van der Waals surface area contributed by atoms with E-state index in [2.05, 4.69) is 42.2 Å². The van der Waals surface area contributed by atoms with E-state index >= 15 is 0 Å². The van der Waals surface area contributed by atoms with Gasteiger partial charge in [0.25, 0.3) is 0 Å². The summed E-state index contributed by atoms with van der Waals surface area (Å²) in [6.45, 7) is 5.84. The lowest BCUT2D eigenvalue weighted by atomic mass is 10.0. The lowest BCUT2D eigenvalue weighted by Gasteiger charge is -2.28. The standard InChI is InChI=1S/C16H24N2O/c1-13-3-5-15(6-4-13)16(17)11-18-9-7-14(8-10-18)12-19-2/h3-7,16H,8-12,17H2,1-2H3. The van der Waals surface area contributed by atoms with Crippen molar-refractivity contribution in [3.05, 3.63) is 47.0 Å². The number of hydrogen-bond donors (Lipinski definition) is 1. The number of ether oxygens (including phenoxy) is 1. The normalized spacial score (nSPS) is 18.2. The Balaban J connectivity index is 1.87. The van der Waals surface area contributed by atoms with E-state index in [9.17, 15) is 0 Å². The molecule has 0 saturated heterocycles. The Bertz CT molecular complexity index is 425. The molecule has 2 N–H and O–H groups in total. The van der Waals surface area contributed by atoms with Gasteiger partial charge in [-0.25, -0.2) is 0 Å². The van der Waals surface area contributed by atoms with Crippen molar-refractivity contribution in [2.75, 3.05) is 33.4 Å². The van der Waals surface area contributed by atoms with Gasteiger partial charge in [0, 0.05) is 32.8 Å². The largest absolute Gasteiger partial charge is 0.380 e. The molecule has 104 valence electrons. The summed E-state index contributed by atoms with van der Waals surface area (Å²) in [6, 6.07) is 8.62. The van der Waals surface area contributed by atoms with E-state index in [0.717, 1.165) is 32.7 Å². The van der Waals surface area contributed by atoms with Gasteiger partial charge in [-0.3, -0.25) is 4.90 Å². The van der Waals surface area contributed by atoms with Crippen LogP contribution in [-0.4, -0.2) is 38.3 Å². The molecule has 0 amide bonds. The summed E-state index contributed by atoms with van der Waals surface area (Å²) >= 11 is 0. The predicted octanol–water partition coefficient (Wildman–Crippen LogP) is 2.27. The first-order valence-electron chi connectivity index (χ1n) is 6.90. The number of nitrogens with zero attached hydrogens (tertiary/aromatic N) is 1. The fourth-order valence-electron chi connectivity index (χ4n) is 2.43. The number of rotatable bonds is 5. The van der Waals surface area contributed by atoms with E-state index in [1.165, 1.54) is 16.7 Å². The molecule has 1 aromatic carbocycles. The molecule has 0 aromatic heterocycles. The zero-order chi connectivity index (χ0) is 13.7. The summed E-state index contributed by atoms with van der Waals surface area (Å²) in [5, 5.41) is 0. The molecular formula is C16H24N2O. The second-order valence-corrected chi connectivity index (χ2v) is 5.32. The second kappa shape index (κ2) is 6.85. The van der Waals surface area contributed by atoms with Crippen LogP contribution < -0.4 is 5.73 Å². The van der Waals surface area contributed by atoms with Gasteiger partial charge in [0.2, 0.25) is 0 Å². The van der Waals surface area contributed by atoms with E-state index in [1.54, 1.807) is 7.11 Å². The molecular weight excluding hydrogens is 236 g/mol. The van der Waals surface area contributed by atoms with Gasteiger partial charge in [-0.15, -0.1) is 0 Å². The number of benzene rings is 1. The molecule has 3 heteroatoms. The Morgan fingerprint density at radius 3 is 2.63 bits per heavy atom. The van der Waals surface area contributed by atoms with Gasteiger partial charge in [0.1, 0.15) is 0 Å². The molecule has 3 nitrogen and oxygen atoms in total. The zero-order valence-corrected chi connectivity index (χ0v) is 11.9. The number of nitrogens with two attached hydrogens (primary N) is 1. The van der Waals surface area contributed by atoms with Crippen LogP contribution in [0.5, 0.6) is 0 Å². The topological polar surface area (TPSA) is 38.5 Å². The third kappa shape index (κ3) is 4.16. The maximum absolute atomic E-state index is 6.28. The summed E-state index contributed by atoms with van der Waals surface area (Å²) in [4.78, 5) is 2.41. The average Bonchev–Trinajstić information content (AvgIpc) is 2.42. The number of methoxy groups -OCH3 is 1. The fourth-order valence-corrected chi connectivity index (χ4v) is 2.43. The lowest BCUT2D eigenvalue weighted by Crippen LogP contribution is -2.35. The van der Waals surface area contributed by atoms with E-state index in [1.807, 2.05) is 0 Å². The first-order valence-corrected chi connectivity index (χ1v) is 6.90. The van der Waals surface area contributed by atoms with Crippen molar-refractivity contribution in [3.8, 4) is 0 Å². The molecule has 1 aliphatic rings. The predicted molar refractivity (Wildman–Crippen MR) is 79.1 cm³/mol. The minimum Gasteiger partial charge on any atom is -0.380 e. The Morgan fingerprint density at radius 1 is 1.32 bits per heavy atom. The van der Waals surface area contributed by atoms with Crippen molar-refractivity contribution < 1.29 is 4.74 Å². The highest BCUT2D eigenvalue weighted by molar-refractivity contribution is 5.24. The smallest absolute Gasteiger partial charge is 0.0673 e. The SMILES string of the molecule is COCC1=CCN(CC(N)c2ccc(C)cc2)CC1. The molecule has 0 spiro atoms. The van der Waals surface area contributed by atoms with Crippen LogP contribution >= 0.6 is 0 Å². The van der Waals surface area contributed by atoms with Crippen LogP contribution in [0, 0.1) is 6.92 Å². The lowest BCUT2D eigenvalue weighted by molar-refractivity contribution is 0.209. The van der Waals surface area contributed by atoms with Gasteiger partial charge in [0.05, 0.1) is 6.61 Å². The first-order chi connectivity index (χ1) is 9.19. The summed E-state index contributed by atoms with van der Waals surface area (Å²) in [5.41, 5.74) is 10.2. The minimum absolute atomic E-state index is 0.0953. The van der Waals surface area contributed by atoms with E-state index in [-0.39, 0.29) is 6.04 Å². The molecule has 0 radical (unpaired) electrons. The second-order valence-electron chi connectivity index (χ2n) is 5.32. The Morgan fingerprint density at radius 2 is 2.05 bits per heavy atom. The molecule has 19 heavy (non-hydrogen) atoms. The van der Waals surface area contributed by atoms with Crippen LogP contribution in [0.15, 0.2) is 35.9 Å². The molecule has 1 unspecified atom stereocenters. The third-order valence-electron chi connectivity index (χ3n) is 3.68. The van der Waals surface area contributed by atoms with E-state index in [4.69, 9.17) is 10.5 Å². The molecule has 1 atom stereocenters. The van der Waals surface area contributed by atoms with Crippen LogP contribution in [0.3, 0.4) is 0 Å². The molecule has 0 saturated carbocycles. The molecule has 0 fully saturated rings. The molecule has 0 aliphatic carbocycles. The highest BCUT2D eigenvalue weighted by Crippen LogP contribution is 2.16. The van der Waals surface area contributed by atoms with Crippen LogP contribution in [0.25, 0.3) is 0 Å². The van der Waals surface area contributed by atoms with E-state index in [0.29, 0.717) is 0 Å². The maximum Gasteiger partial charge on any atom is 0.0673 e. The molecule has 2 rings (SSSR count). The monoisotopic (exact) mass is 260 g/mol. The zero-order valence-electron chi connectivity index (χ0n) is 11.9. The molecule has 1 heterocycles. The van der Waals surface area contributed by atoms with Crippen molar-refractivity contribution in [2.24, 2.45) is 5.73 Å². The quantitative estimate of drug-likeness (QED) is 0.825. The Hall–Kier alpha value is -1.16. The van der Waals surface area contributed by atoms with Crippen molar-refractivity contribution in [1.29, 1.82) is 0 Å². The Kier molecular flexibility index (Phi) is 5.14. The summed E-state index contributed by atoms with van der Waals surface area (Å²) in [7, 11) is 1.75. The highest BCUT2D eigenvalue weighted by Gasteiger charge is 2.15. The third-order valence-corrected chi connectivity index (χ3v) is 3.68. The van der Waals surface area contributed by atoms with Gasteiger partial charge < -0.3 is 10.5 Å². The first kappa shape index (κ1) is 14.3. The van der Waals surface area contributed by atoms with Crippen molar-refractivity contribution in [3.63, 3.8) is 0 Å². The van der Waals surface area contributed by atoms with Gasteiger partial charge in [-0.1, -0.05) is 35.9 Å². The fraction of sp³-hybridized carbons (Fsp3) is 0.500. The summed E-state index contributed by atoms with van der Waals surface area (Å²) in [6.07, 6.45) is 3.36. The van der Waals surface area contributed by atoms with Crippen molar-refractivity contribution in [1.82, 2.24) is 4.90 Å². The minimum atomic E-state index is 0.0953. The molecule has 1 aromatic rings. The number of aryl methyl sites for hydroxylation is 1. The number of hydrogen-bond acceptors (Lipinski definition) is 3.